The third-order valence-corrected chi connectivity index (χ3v) is 2.77. The van der Waals surface area contributed by atoms with E-state index in [-0.39, 0.29) is 5.82 Å². The van der Waals surface area contributed by atoms with Gasteiger partial charge >= 0.3 is 0 Å². The number of aromatic nitrogens is 2. The van der Waals surface area contributed by atoms with Crippen molar-refractivity contribution in [2.45, 2.75) is 13.0 Å². The van der Waals surface area contributed by atoms with E-state index in [1.54, 1.807) is 12.1 Å². The number of nitrogens with one attached hydrogen (secondary N) is 1. The molecule has 0 saturated heterocycles. The fourth-order valence-electron chi connectivity index (χ4n) is 1.94. The van der Waals surface area contributed by atoms with Crippen molar-refractivity contribution in [1.29, 1.82) is 0 Å². The topological polar surface area (TPSA) is 29.9 Å². The number of hydrogen-bond donors (Lipinski definition) is 1. The second-order valence-corrected chi connectivity index (χ2v) is 3.93. The second kappa shape index (κ2) is 3.63. The molecule has 1 aromatic heterocycles. The monoisotopic (exact) mass is 217 g/mol. The summed E-state index contributed by atoms with van der Waals surface area (Å²) < 4.78 is 14.8. The fraction of sp³-hybridized carbons (Fsp3) is 0.250. The Morgan fingerprint density at radius 3 is 2.81 bits per heavy atom. The van der Waals surface area contributed by atoms with E-state index >= 15 is 0 Å². The molecule has 0 bridgehead atoms. The molecular weight excluding hydrogens is 205 g/mol. The lowest BCUT2D eigenvalue weighted by molar-refractivity contribution is 0.569. The average Bonchev–Trinajstić information content (AvgIpc) is 2.73. The largest absolute Gasteiger partial charge is 0.370 e. The Balaban J connectivity index is 2.00. The third kappa shape index (κ3) is 1.56. The quantitative estimate of drug-likeness (QED) is 0.795. The highest BCUT2D eigenvalue weighted by Gasteiger charge is 2.12. The van der Waals surface area contributed by atoms with Crippen LogP contribution in [0.15, 0.2) is 30.3 Å². The minimum atomic E-state index is -0.217. The maximum absolute atomic E-state index is 12.8. The number of halogens is 1. The van der Waals surface area contributed by atoms with Gasteiger partial charge in [0.25, 0.3) is 0 Å². The minimum Gasteiger partial charge on any atom is -0.370 e. The van der Waals surface area contributed by atoms with Gasteiger partial charge in [0.1, 0.15) is 11.6 Å². The van der Waals surface area contributed by atoms with Crippen molar-refractivity contribution in [3.05, 3.63) is 36.1 Å². The van der Waals surface area contributed by atoms with Gasteiger partial charge in [-0.3, -0.25) is 0 Å². The van der Waals surface area contributed by atoms with Crippen molar-refractivity contribution in [2.24, 2.45) is 0 Å². The molecule has 1 aliphatic heterocycles. The van der Waals surface area contributed by atoms with Crippen LogP contribution in [0.25, 0.3) is 11.3 Å². The van der Waals surface area contributed by atoms with E-state index in [9.17, 15) is 4.39 Å². The summed E-state index contributed by atoms with van der Waals surface area (Å²) in [5.74, 6) is 0.830. The number of fused-ring (bicyclic) bond motifs is 1. The molecule has 3 nitrogen and oxygen atoms in total. The van der Waals surface area contributed by atoms with Gasteiger partial charge in [0.05, 0.1) is 5.69 Å². The molecule has 2 aromatic rings. The summed E-state index contributed by atoms with van der Waals surface area (Å²) in [7, 11) is 0. The van der Waals surface area contributed by atoms with Crippen LogP contribution in [0.3, 0.4) is 0 Å². The zero-order valence-corrected chi connectivity index (χ0v) is 8.78. The van der Waals surface area contributed by atoms with Crippen molar-refractivity contribution >= 4 is 5.82 Å². The molecule has 0 unspecified atom stereocenters. The predicted octanol–water partition coefficient (Wildman–Crippen LogP) is 2.50. The zero-order valence-electron chi connectivity index (χ0n) is 8.78. The average molecular weight is 217 g/mol. The van der Waals surface area contributed by atoms with Gasteiger partial charge in [0.15, 0.2) is 0 Å². The molecule has 0 amide bonds. The van der Waals surface area contributed by atoms with Crippen molar-refractivity contribution in [2.75, 3.05) is 11.9 Å². The van der Waals surface area contributed by atoms with Crippen LogP contribution in [0, 0.1) is 5.82 Å². The highest BCUT2D eigenvalue weighted by Crippen LogP contribution is 2.23. The molecule has 1 aromatic carbocycles. The summed E-state index contributed by atoms with van der Waals surface area (Å²) in [6, 6.07) is 8.43. The molecule has 0 aliphatic carbocycles. The SMILES string of the molecule is Fc1ccc(-c2cc3n(n2)CCCN3)cc1. The van der Waals surface area contributed by atoms with Crippen LogP contribution in [0.4, 0.5) is 10.2 Å². The van der Waals surface area contributed by atoms with E-state index in [1.807, 2.05) is 10.7 Å². The van der Waals surface area contributed by atoms with Crippen molar-refractivity contribution in [3.8, 4) is 11.3 Å². The van der Waals surface area contributed by atoms with Gasteiger partial charge in [-0.1, -0.05) is 0 Å². The summed E-state index contributed by atoms with van der Waals surface area (Å²) in [5.41, 5.74) is 1.84. The Bertz CT molecular complexity index is 478. The van der Waals surface area contributed by atoms with Crippen molar-refractivity contribution in [1.82, 2.24) is 9.78 Å². The van der Waals surface area contributed by atoms with Crippen molar-refractivity contribution < 1.29 is 4.39 Å². The van der Waals surface area contributed by atoms with E-state index in [4.69, 9.17) is 0 Å². The molecule has 2 heterocycles. The molecule has 0 atom stereocenters. The Labute approximate surface area is 92.9 Å². The highest BCUT2D eigenvalue weighted by atomic mass is 19.1. The Kier molecular flexibility index (Phi) is 2.13. The van der Waals surface area contributed by atoms with E-state index < -0.39 is 0 Å². The van der Waals surface area contributed by atoms with Crippen LogP contribution in [-0.4, -0.2) is 16.3 Å². The van der Waals surface area contributed by atoms with E-state index in [0.717, 1.165) is 36.6 Å². The molecule has 0 saturated carbocycles. The second-order valence-electron chi connectivity index (χ2n) is 3.93. The molecule has 4 heteroatoms. The van der Waals surface area contributed by atoms with Gasteiger partial charge in [-0.15, -0.1) is 0 Å². The number of aryl methyl sites for hydroxylation is 1. The highest BCUT2D eigenvalue weighted by molar-refractivity contribution is 5.63. The number of rotatable bonds is 1. The first kappa shape index (κ1) is 9.39. The molecule has 82 valence electrons. The van der Waals surface area contributed by atoms with E-state index in [1.165, 1.54) is 12.1 Å². The molecule has 0 fully saturated rings. The predicted molar refractivity (Wildman–Crippen MR) is 60.7 cm³/mol. The van der Waals surface area contributed by atoms with Gasteiger partial charge in [-0.25, -0.2) is 9.07 Å². The van der Waals surface area contributed by atoms with Gasteiger partial charge in [0.2, 0.25) is 0 Å². The van der Waals surface area contributed by atoms with Crippen LogP contribution < -0.4 is 5.32 Å². The van der Waals surface area contributed by atoms with Gasteiger partial charge in [-0.05, 0) is 30.7 Å². The Hall–Kier alpha value is -1.84. The number of nitrogens with zero attached hydrogens (tertiary/aromatic N) is 2. The molecule has 1 aliphatic rings. The fourth-order valence-corrected chi connectivity index (χ4v) is 1.94. The van der Waals surface area contributed by atoms with E-state index in [0.29, 0.717) is 0 Å². The van der Waals surface area contributed by atoms with Gasteiger partial charge in [-0.2, -0.15) is 5.10 Å². The first-order valence-corrected chi connectivity index (χ1v) is 5.40. The number of anilines is 1. The number of hydrogen-bond acceptors (Lipinski definition) is 2. The summed E-state index contributed by atoms with van der Waals surface area (Å²) in [6.07, 6.45) is 1.09. The normalized spacial score (nSPS) is 14.3. The van der Waals surface area contributed by atoms with Crippen LogP contribution in [0.5, 0.6) is 0 Å². The Morgan fingerprint density at radius 1 is 1.25 bits per heavy atom. The summed E-state index contributed by atoms with van der Waals surface area (Å²) in [4.78, 5) is 0. The van der Waals surface area contributed by atoms with Crippen molar-refractivity contribution in [3.63, 3.8) is 0 Å². The number of benzene rings is 1. The maximum atomic E-state index is 12.8. The summed E-state index contributed by atoms with van der Waals surface area (Å²) in [6.45, 7) is 1.94. The smallest absolute Gasteiger partial charge is 0.124 e. The first-order chi connectivity index (χ1) is 7.83. The lowest BCUT2D eigenvalue weighted by atomic mass is 10.1. The van der Waals surface area contributed by atoms with Gasteiger partial charge < -0.3 is 5.32 Å². The minimum absolute atomic E-state index is 0.217. The summed E-state index contributed by atoms with van der Waals surface area (Å²) in [5, 5.41) is 7.77. The molecule has 0 spiro atoms. The maximum Gasteiger partial charge on any atom is 0.124 e. The molecular formula is C12H12FN3. The lowest BCUT2D eigenvalue weighted by Crippen LogP contribution is -2.17. The molecule has 16 heavy (non-hydrogen) atoms. The van der Waals surface area contributed by atoms with Crippen LogP contribution in [0.1, 0.15) is 6.42 Å². The lowest BCUT2D eigenvalue weighted by Gasteiger charge is -2.14. The Morgan fingerprint density at radius 2 is 2.06 bits per heavy atom. The molecule has 3 rings (SSSR count). The summed E-state index contributed by atoms with van der Waals surface area (Å²) >= 11 is 0. The van der Waals surface area contributed by atoms with E-state index in [2.05, 4.69) is 10.4 Å². The van der Waals surface area contributed by atoms with Crippen LogP contribution in [-0.2, 0) is 6.54 Å². The zero-order chi connectivity index (χ0) is 11.0. The molecule has 1 N–H and O–H groups in total. The first-order valence-electron chi connectivity index (χ1n) is 5.40. The van der Waals surface area contributed by atoms with Crippen LogP contribution >= 0.6 is 0 Å². The van der Waals surface area contributed by atoms with Gasteiger partial charge in [0, 0.05) is 24.7 Å². The standard InChI is InChI=1S/C12H12FN3/c13-10-4-2-9(3-5-10)11-8-12-14-6-1-7-16(12)15-11/h2-5,8,14H,1,6-7H2. The molecule has 0 radical (unpaired) electrons. The van der Waals surface area contributed by atoms with Crippen LogP contribution in [0.2, 0.25) is 0 Å². The third-order valence-electron chi connectivity index (χ3n) is 2.77.